The minimum Gasteiger partial charge on any atom is -0.475 e. The highest BCUT2D eigenvalue weighted by Gasteiger charge is 2.41. The summed E-state index contributed by atoms with van der Waals surface area (Å²) in [5.41, 5.74) is 1.21. The maximum atomic E-state index is 10.6. The number of carboxylic acid groups (broad SMARTS) is 3. The van der Waals surface area contributed by atoms with Crippen LogP contribution in [0.25, 0.3) is 0 Å². The van der Waals surface area contributed by atoms with Gasteiger partial charge in [0.2, 0.25) is 0 Å². The lowest BCUT2D eigenvalue weighted by Gasteiger charge is -2.47. The van der Waals surface area contributed by atoms with E-state index in [0.29, 0.717) is 0 Å². The number of halogens is 9. The van der Waals surface area contributed by atoms with Crippen molar-refractivity contribution in [3.05, 3.63) is 52.5 Å². The number of aromatic nitrogens is 1. The second kappa shape index (κ2) is 17.3. The number of alkyl halides is 9. The van der Waals surface area contributed by atoms with Crippen LogP contribution in [0.2, 0.25) is 0 Å². The summed E-state index contributed by atoms with van der Waals surface area (Å²) in [5.74, 6) is -8.27. The van der Waals surface area contributed by atoms with Gasteiger partial charge in [-0.1, -0.05) is 12.1 Å². The lowest BCUT2D eigenvalue weighted by Crippen LogP contribution is -2.56. The van der Waals surface area contributed by atoms with Gasteiger partial charge in [0.15, 0.2) is 0 Å². The van der Waals surface area contributed by atoms with Gasteiger partial charge in [0.1, 0.15) is 0 Å². The van der Waals surface area contributed by atoms with E-state index in [4.69, 9.17) is 34.4 Å². The van der Waals surface area contributed by atoms with Crippen molar-refractivity contribution in [1.29, 1.82) is 0 Å². The Hall–Kier alpha value is -3.49. The molecule has 0 unspecified atom stereocenters. The zero-order chi connectivity index (χ0) is 34.5. The number of likely N-dealkylation sites (tertiary alicyclic amines) is 1. The molecule has 20 heteroatoms. The monoisotopic (exact) mass is 685 g/mol. The Labute approximate surface area is 253 Å². The van der Waals surface area contributed by atoms with Crippen molar-refractivity contribution in [2.24, 2.45) is 0 Å². The summed E-state index contributed by atoms with van der Waals surface area (Å²) in [4.78, 5) is 37.7. The molecule has 0 saturated carbocycles. The zero-order valence-corrected chi connectivity index (χ0v) is 23.8. The maximum Gasteiger partial charge on any atom is 0.490 e. The first-order valence-corrected chi connectivity index (χ1v) is 13.4. The van der Waals surface area contributed by atoms with Crippen LogP contribution < -0.4 is 0 Å². The van der Waals surface area contributed by atoms with Gasteiger partial charge in [-0.2, -0.15) is 39.5 Å². The van der Waals surface area contributed by atoms with Gasteiger partial charge in [0.05, 0.1) is 17.9 Å². The van der Waals surface area contributed by atoms with Crippen molar-refractivity contribution in [2.75, 3.05) is 32.8 Å². The van der Waals surface area contributed by atoms with Gasteiger partial charge < -0.3 is 20.1 Å². The second-order valence-electron chi connectivity index (χ2n) is 9.33. The third kappa shape index (κ3) is 15.9. The average Bonchev–Trinajstić information content (AvgIpc) is 3.44. The first kappa shape index (κ1) is 39.5. The van der Waals surface area contributed by atoms with Crippen LogP contribution in [0, 0.1) is 0 Å². The lowest BCUT2D eigenvalue weighted by molar-refractivity contribution is -0.193. The molecule has 4 rings (SSSR count). The SMILES string of the molecule is O=C(O)C(F)(F)F.O=C(O)C(F)(F)F.O=C(O)C(F)(F)F.c1ccc(CN2CCOC3(CCN(Cc4cccs4)CC3)C2)nc1. The topological polar surface area (TPSA) is 140 Å². The highest BCUT2D eigenvalue weighted by molar-refractivity contribution is 7.09. The molecular weight excluding hydrogens is 657 g/mol. The van der Waals surface area contributed by atoms with E-state index in [1.165, 1.54) is 4.88 Å². The number of rotatable bonds is 4. The lowest BCUT2D eigenvalue weighted by atomic mass is 9.89. The van der Waals surface area contributed by atoms with Crippen LogP contribution in [0.3, 0.4) is 0 Å². The number of piperidine rings is 1. The largest absolute Gasteiger partial charge is 0.490 e. The second-order valence-corrected chi connectivity index (χ2v) is 10.4. The third-order valence-corrected chi connectivity index (χ3v) is 6.75. The van der Waals surface area contributed by atoms with Crippen molar-refractivity contribution in [3.8, 4) is 0 Å². The van der Waals surface area contributed by atoms with Gasteiger partial charge in [0.25, 0.3) is 0 Å². The number of carboxylic acids is 3. The molecule has 4 heterocycles. The minimum absolute atomic E-state index is 0.0545. The molecule has 0 amide bonds. The van der Waals surface area contributed by atoms with E-state index < -0.39 is 36.4 Å². The molecule has 0 aromatic carbocycles. The summed E-state index contributed by atoms with van der Waals surface area (Å²) < 4.78 is 101. The van der Waals surface area contributed by atoms with Gasteiger partial charge >= 0.3 is 36.4 Å². The summed E-state index contributed by atoms with van der Waals surface area (Å²) in [5, 5.41) is 23.5. The van der Waals surface area contributed by atoms with Crippen LogP contribution in [0.4, 0.5) is 39.5 Å². The first-order valence-electron chi connectivity index (χ1n) is 12.6. The van der Waals surface area contributed by atoms with Crippen molar-refractivity contribution in [1.82, 2.24) is 14.8 Å². The van der Waals surface area contributed by atoms with E-state index in [9.17, 15) is 39.5 Å². The Kier molecular flexibility index (Phi) is 15.2. The Balaban J connectivity index is 0.000000396. The fourth-order valence-corrected chi connectivity index (χ4v) is 4.57. The molecule has 2 aromatic rings. The Morgan fingerprint density at radius 2 is 1.29 bits per heavy atom. The number of pyridine rings is 1. The normalized spacial score (nSPS) is 17.0. The molecule has 2 saturated heterocycles. The molecular formula is C25H28F9N3O7S. The van der Waals surface area contributed by atoms with E-state index in [-0.39, 0.29) is 5.60 Å². The summed E-state index contributed by atoms with van der Waals surface area (Å²) in [7, 11) is 0. The molecule has 1 spiro atoms. The average molecular weight is 686 g/mol. The first-order chi connectivity index (χ1) is 20.6. The van der Waals surface area contributed by atoms with Crippen LogP contribution in [0.15, 0.2) is 41.9 Å². The van der Waals surface area contributed by atoms with E-state index >= 15 is 0 Å². The minimum atomic E-state index is -5.08. The fraction of sp³-hybridized carbons (Fsp3) is 0.520. The van der Waals surface area contributed by atoms with Crippen LogP contribution in [0.1, 0.15) is 23.4 Å². The number of carbonyl (C=O) groups is 3. The molecule has 45 heavy (non-hydrogen) atoms. The van der Waals surface area contributed by atoms with Gasteiger partial charge in [-0.25, -0.2) is 14.4 Å². The third-order valence-electron chi connectivity index (χ3n) is 5.89. The van der Waals surface area contributed by atoms with Crippen LogP contribution >= 0.6 is 11.3 Å². The van der Waals surface area contributed by atoms with Crippen molar-refractivity contribution in [3.63, 3.8) is 0 Å². The summed E-state index contributed by atoms with van der Waals surface area (Å²) >= 11 is 1.86. The molecule has 0 atom stereocenters. The van der Waals surface area contributed by atoms with Crippen molar-refractivity contribution < 1.29 is 74.0 Å². The highest BCUT2D eigenvalue weighted by Crippen LogP contribution is 2.31. The smallest absolute Gasteiger partial charge is 0.475 e. The molecule has 0 radical (unpaired) electrons. The van der Waals surface area contributed by atoms with E-state index in [1.54, 1.807) is 0 Å². The number of hydrogen-bond donors (Lipinski definition) is 3. The summed E-state index contributed by atoms with van der Waals surface area (Å²) in [6, 6.07) is 10.5. The predicted octanol–water partition coefficient (Wildman–Crippen LogP) is 4.91. The molecule has 2 fully saturated rings. The molecule has 3 N–H and O–H groups in total. The number of ether oxygens (including phenoxy) is 1. The molecule has 2 aliphatic rings. The van der Waals surface area contributed by atoms with Gasteiger partial charge in [0, 0.05) is 50.3 Å². The molecule has 254 valence electrons. The van der Waals surface area contributed by atoms with Crippen molar-refractivity contribution in [2.45, 2.75) is 50.1 Å². The Morgan fingerprint density at radius 1 is 0.778 bits per heavy atom. The number of aliphatic carboxylic acids is 3. The molecule has 2 aromatic heterocycles. The van der Waals surface area contributed by atoms with E-state index in [2.05, 4.69) is 44.4 Å². The van der Waals surface area contributed by atoms with Crippen LogP contribution in [-0.2, 0) is 32.2 Å². The summed E-state index contributed by atoms with van der Waals surface area (Å²) in [6.45, 7) is 7.19. The zero-order valence-electron chi connectivity index (χ0n) is 23.0. The highest BCUT2D eigenvalue weighted by atomic mass is 32.1. The van der Waals surface area contributed by atoms with Crippen molar-refractivity contribution >= 4 is 29.2 Å². The molecule has 2 aliphatic heterocycles. The molecule has 0 aliphatic carbocycles. The van der Waals surface area contributed by atoms with Crippen LogP contribution in [0.5, 0.6) is 0 Å². The number of hydrogen-bond acceptors (Lipinski definition) is 8. The molecule has 10 nitrogen and oxygen atoms in total. The Morgan fingerprint density at radius 3 is 1.69 bits per heavy atom. The summed E-state index contributed by atoms with van der Waals surface area (Å²) in [6.07, 6.45) is -11.1. The number of morpholine rings is 1. The quantitative estimate of drug-likeness (QED) is 0.381. The van der Waals surface area contributed by atoms with E-state index in [1.807, 2.05) is 23.6 Å². The number of nitrogens with zero attached hydrogens (tertiary/aromatic N) is 3. The predicted molar refractivity (Wildman–Crippen MR) is 138 cm³/mol. The van der Waals surface area contributed by atoms with Gasteiger partial charge in [-0.3, -0.25) is 14.8 Å². The maximum absolute atomic E-state index is 10.6. The van der Waals surface area contributed by atoms with Crippen LogP contribution in [-0.4, -0.2) is 105 Å². The van der Waals surface area contributed by atoms with Gasteiger partial charge in [-0.05, 0) is 36.4 Å². The van der Waals surface area contributed by atoms with Gasteiger partial charge in [-0.15, -0.1) is 11.3 Å². The fourth-order valence-electron chi connectivity index (χ4n) is 3.82. The number of thiophene rings is 1. The molecule has 0 bridgehead atoms. The van der Waals surface area contributed by atoms with E-state index in [0.717, 1.165) is 64.4 Å². The standard InChI is InChI=1S/C19H25N3OS.3C2HF3O2/c1-2-8-20-17(4-1)14-22-11-12-23-19(16-22)6-9-21(10-7-19)15-18-5-3-13-24-18;3*3-2(4,5)1(6)7/h1-5,8,13H,6-7,9-12,14-16H2;3*(H,6,7). The Bertz CT molecular complexity index is 1130.